The summed E-state index contributed by atoms with van der Waals surface area (Å²) in [5, 5.41) is 9.82. The zero-order valence-corrected chi connectivity index (χ0v) is 20.4. The molecule has 6 nitrogen and oxygen atoms in total. The van der Waals surface area contributed by atoms with Crippen LogP contribution in [0.5, 0.6) is 17.2 Å². The van der Waals surface area contributed by atoms with Crippen molar-refractivity contribution in [1.29, 1.82) is 5.26 Å². The lowest BCUT2D eigenvalue weighted by atomic mass is 9.83. The van der Waals surface area contributed by atoms with Crippen molar-refractivity contribution < 1.29 is 19.0 Å². The lowest BCUT2D eigenvalue weighted by molar-refractivity contribution is 0.0734. The molecule has 4 rings (SSSR count). The molecule has 0 aliphatic carbocycles. The van der Waals surface area contributed by atoms with Crippen LogP contribution in [0.25, 0.3) is 0 Å². The van der Waals surface area contributed by atoms with Gasteiger partial charge in [-0.25, -0.2) is 4.79 Å². The van der Waals surface area contributed by atoms with E-state index < -0.39 is 11.9 Å². The van der Waals surface area contributed by atoms with Crippen molar-refractivity contribution in [3.63, 3.8) is 0 Å². The van der Waals surface area contributed by atoms with Gasteiger partial charge >= 0.3 is 5.97 Å². The predicted octanol–water partition coefficient (Wildman–Crippen LogP) is 6.47. The van der Waals surface area contributed by atoms with Gasteiger partial charge in [-0.1, -0.05) is 69.0 Å². The molecule has 0 bridgehead atoms. The molecule has 0 saturated heterocycles. The molecule has 3 aromatic rings. The fourth-order valence-corrected chi connectivity index (χ4v) is 4.23. The summed E-state index contributed by atoms with van der Waals surface area (Å²) in [6, 6.07) is 23.8. The average molecular weight is 483 g/mol. The summed E-state index contributed by atoms with van der Waals surface area (Å²) >= 11 is 0. The highest BCUT2D eigenvalue weighted by molar-refractivity contribution is 5.91. The quantitative estimate of drug-likeness (QED) is 0.202. The van der Waals surface area contributed by atoms with Gasteiger partial charge in [0.1, 0.15) is 28.9 Å². The fraction of sp³-hybridized carbons (Fsp3) is 0.267. The highest BCUT2D eigenvalue weighted by atomic mass is 16.5. The summed E-state index contributed by atoms with van der Waals surface area (Å²) in [6.45, 7) is 2.89. The van der Waals surface area contributed by atoms with Crippen molar-refractivity contribution in [1.82, 2.24) is 0 Å². The van der Waals surface area contributed by atoms with Gasteiger partial charge in [-0.2, -0.15) is 5.26 Å². The molecule has 0 fully saturated rings. The van der Waals surface area contributed by atoms with E-state index in [4.69, 9.17) is 19.9 Å². The molecular weight excluding hydrogens is 452 g/mol. The molecular formula is C30H30N2O4. The van der Waals surface area contributed by atoms with Crippen LogP contribution >= 0.6 is 0 Å². The Morgan fingerprint density at radius 1 is 0.972 bits per heavy atom. The summed E-state index contributed by atoms with van der Waals surface area (Å²) < 4.78 is 17.2. The Morgan fingerprint density at radius 3 is 2.42 bits per heavy atom. The Hall–Kier alpha value is -4.24. The molecule has 1 heterocycles. The first kappa shape index (κ1) is 24.9. The van der Waals surface area contributed by atoms with Crippen LogP contribution in [0.2, 0.25) is 0 Å². The molecule has 0 amide bonds. The van der Waals surface area contributed by atoms with Gasteiger partial charge in [0.25, 0.3) is 0 Å². The minimum absolute atomic E-state index is 0.0361. The number of benzene rings is 3. The van der Waals surface area contributed by atoms with Crippen LogP contribution in [0.15, 0.2) is 84.3 Å². The number of rotatable bonds is 10. The number of unbranched alkanes of at least 4 members (excludes halogenated alkanes) is 4. The third-order valence-corrected chi connectivity index (χ3v) is 6.14. The number of nitrogens with two attached hydrogens (primary N) is 1. The van der Waals surface area contributed by atoms with E-state index in [0.29, 0.717) is 29.2 Å². The Morgan fingerprint density at radius 2 is 1.69 bits per heavy atom. The normalized spacial score (nSPS) is 14.4. The number of nitrogens with zero attached hydrogens (tertiary/aromatic N) is 1. The predicted molar refractivity (Wildman–Crippen MR) is 138 cm³/mol. The largest absolute Gasteiger partial charge is 0.494 e. The van der Waals surface area contributed by atoms with Crippen LogP contribution < -0.4 is 19.9 Å². The molecule has 1 aliphatic heterocycles. The lowest BCUT2D eigenvalue weighted by Gasteiger charge is -2.26. The summed E-state index contributed by atoms with van der Waals surface area (Å²) in [5.41, 5.74) is 8.56. The number of hydrogen-bond donors (Lipinski definition) is 1. The van der Waals surface area contributed by atoms with Crippen molar-refractivity contribution in [3.05, 3.63) is 101 Å². The van der Waals surface area contributed by atoms with Crippen LogP contribution in [-0.4, -0.2) is 12.6 Å². The highest BCUT2D eigenvalue weighted by Gasteiger charge is 2.31. The number of allylic oxidation sites excluding steroid dienone is 1. The Kier molecular flexibility index (Phi) is 8.25. The monoisotopic (exact) mass is 482 g/mol. The summed E-state index contributed by atoms with van der Waals surface area (Å²) in [7, 11) is 0. The second kappa shape index (κ2) is 11.9. The first-order valence-electron chi connectivity index (χ1n) is 12.3. The molecule has 3 aromatic carbocycles. The number of carbonyl (C=O) groups is 1. The minimum Gasteiger partial charge on any atom is -0.494 e. The molecule has 1 unspecified atom stereocenters. The van der Waals surface area contributed by atoms with E-state index in [1.54, 1.807) is 42.5 Å². The smallest absolute Gasteiger partial charge is 0.343 e. The molecule has 0 radical (unpaired) electrons. The van der Waals surface area contributed by atoms with Gasteiger partial charge in [0.15, 0.2) is 0 Å². The first-order chi connectivity index (χ1) is 17.6. The Balaban J connectivity index is 1.51. The molecule has 0 spiro atoms. The molecule has 1 aliphatic rings. The SMILES string of the molecule is CCCCCCCOc1ccc(C2C(C#N)=C(N)Oc3cc(OC(=O)c4ccccc4)ccc32)cc1. The van der Waals surface area contributed by atoms with Crippen LogP contribution in [0, 0.1) is 11.3 Å². The van der Waals surface area contributed by atoms with Gasteiger partial charge in [-0.3, -0.25) is 0 Å². The number of hydrogen-bond acceptors (Lipinski definition) is 6. The molecule has 1 atom stereocenters. The van der Waals surface area contributed by atoms with Gasteiger partial charge in [-0.15, -0.1) is 0 Å². The van der Waals surface area contributed by atoms with Crippen LogP contribution in [-0.2, 0) is 0 Å². The first-order valence-corrected chi connectivity index (χ1v) is 12.3. The third-order valence-electron chi connectivity index (χ3n) is 6.14. The second-order valence-electron chi connectivity index (χ2n) is 8.71. The van der Waals surface area contributed by atoms with Gasteiger partial charge in [-0.05, 0) is 42.3 Å². The third kappa shape index (κ3) is 5.87. The number of esters is 1. The molecule has 6 heteroatoms. The topological polar surface area (TPSA) is 94.6 Å². The number of carbonyl (C=O) groups excluding carboxylic acids is 1. The van der Waals surface area contributed by atoms with Crippen molar-refractivity contribution in [3.8, 4) is 23.3 Å². The van der Waals surface area contributed by atoms with Gasteiger partial charge in [0.05, 0.1) is 18.1 Å². The molecule has 36 heavy (non-hydrogen) atoms. The molecule has 0 saturated carbocycles. The van der Waals surface area contributed by atoms with E-state index in [1.807, 2.05) is 30.3 Å². The van der Waals surface area contributed by atoms with Gasteiger partial charge in [0, 0.05) is 11.6 Å². The van der Waals surface area contributed by atoms with E-state index >= 15 is 0 Å². The van der Waals surface area contributed by atoms with E-state index in [9.17, 15) is 10.1 Å². The number of fused-ring (bicyclic) bond motifs is 1. The molecule has 2 N–H and O–H groups in total. The van der Waals surface area contributed by atoms with E-state index in [-0.39, 0.29) is 5.88 Å². The van der Waals surface area contributed by atoms with E-state index in [2.05, 4.69) is 13.0 Å². The van der Waals surface area contributed by atoms with E-state index in [0.717, 1.165) is 23.3 Å². The van der Waals surface area contributed by atoms with Crippen molar-refractivity contribution in [2.45, 2.75) is 44.9 Å². The van der Waals surface area contributed by atoms with Crippen LogP contribution in [0.1, 0.15) is 66.4 Å². The number of ether oxygens (including phenoxy) is 3. The minimum atomic E-state index is -0.468. The lowest BCUT2D eigenvalue weighted by Crippen LogP contribution is -2.21. The number of nitriles is 1. The van der Waals surface area contributed by atoms with Crippen LogP contribution in [0.3, 0.4) is 0 Å². The maximum atomic E-state index is 12.5. The second-order valence-corrected chi connectivity index (χ2v) is 8.71. The van der Waals surface area contributed by atoms with Gasteiger partial charge in [0.2, 0.25) is 5.88 Å². The molecule has 184 valence electrons. The average Bonchev–Trinajstić information content (AvgIpc) is 2.90. The standard InChI is InChI=1S/C30H30N2O4/c1-2-3-4-5-9-18-34-23-14-12-21(13-15-23)28-25-17-16-24(19-27(25)36-29(32)26(28)20-31)35-30(33)22-10-7-6-8-11-22/h6-8,10-17,19,28H,2-5,9,18,32H2,1H3. The van der Waals surface area contributed by atoms with Crippen molar-refractivity contribution >= 4 is 5.97 Å². The van der Waals surface area contributed by atoms with E-state index in [1.165, 1.54) is 25.7 Å². The summed E-state index contributed by atoms with van der Waals surface area (Å²) in [4.78, 5) is 12.5. The molecule has 0 aromatic heterocycles. The zero-order valence-electron chi connectivity index (χ0n) is 20.4. The van der Waals surface area contributed by atoms with Crippen molar-refractivity contribution in [2.75, 3.05) is 6.61 Å². The maximum absolute atomic E-state index is 12.5. The zero-order chi connectivity index (χ0) is 25.3. The maximum Gasteiger partial charge on any atom is 0.343 e. The van der Waals surface area contributed by atoms with Gasteiger partial charge < -0.3 is 19.9 Å². The van der Waals surface area contributed by atoms with Crippen molar-refractivity contribution in [2.24, 2.45) is 5.73 Å². The fourth-order valence-electron chi connectivity index (χ4n) is 4.23. The van der Waals surface area contributed by atoms with Crippen LogP contribution in [0.4, 0.5) is 0 Å². The summed E-state index contributed by atoms with van der Waals surface area (Å²) in [5.74, 6) is 0.736. The summed E-state index contributed by atoms with van der Waals surface area (Å²) in [6.07, 6.45) is 5.92. The Labute approximate surface area is 211 Å². The highest BCUT2D eigenvalue weighted by Crippen LogP contribution is 2.43. The Bertz CT molecular complexity index is 1260.